The number of amides is 1. The number of nitrogens with zero attached hydrogens (tertiary/aromatic N) is 1. The molecule has 0 atom stereocenters. The zero-order valence-corrected chi connectivity index (χ0v) is 24.7. The Morgan fingerprint density at radius 3 is 1.72 bits per heavy atom. The summed E-state index contributed by atoms with van der Waals surface area (Å²) in [6.45, 7) is 10.4. The Hall–Kier alpha value is -2.17. The summed E-state index contributed by atoms with van der Waals surface area (Å²) in [4.78, 5) is 14.0. The van der Waals surface area contributed by atoms with Crippen LogP contribution in [0.25, 0.3) is 0 Å². The van der Waals surface area contributed by atoms with Gasteiger partial charge in [-0.15, -0.1) is 0 Å². The summed E-state index contributed by atoms with van der Waals surface area (Å²) in [6, 6.07) is 20.5. The van der Waals surface area contributed by atoms with Gasteiger partial charge in [0.15, 0.2) is 5.79 Å². The number of likely N-dealkylation sites (tertiary alicyclic amines) is 1. The van der Waals surface area contributed by atoms with Crippen LogP contribution >= 0.6 is 0 Å². The van der Waals surface area contributed by atoms with Crippen molar-refractivity contribution in [3.63, 3.8) is 0 Å². The summed E-state index contributed by atoms with van der Waals surface area (Å²) >= 11 is 0. The lowest BCUT2D eigenvalue weighted by Gasteiger charge is -2.33. The molecule has 0 aromatic heterocycles. The third kappa shape index (κ3) is 9.18. The minimum absolute atomic E-state index is 0.146. The zero-order chi connectivity index (χ0) is 27.5. The molecular weight excluding hydrogens is 482 g/mol. The molecule has 2 aliphatic heterocycles. The molecule has 0 unspecified atom stereocenters. The van der Waals surface area contributed by atoms with Crippen LogP contribution in [0.3, 0.4) is 0 Å². The van der Waals surface area contributed by atoms with E-state index >= 15 is 0 Å². The van der Waals surface area contributed by atoms with Crippen molar-refractivity contribution in [2.24, 2.45) is 17.8 Å². The molecule has 4 aliphatic rings. The summed E-state index contributed by atoms with van der Waals surface area (Å²) in [7, 11) is 0. The van der Waals surface area contributed by atoms with Crippen LogP contribution in [0, 0.1) is 17.8 Å². The van der Waals surface area contributed by atoms with Crippen molar-refractivity contribution in [3.8, 4) is 0 Å². The summed E-state index contributed by atoms with van der Waals surface area (Å²) in [5.74, 6) is 3.48. The number of piperidine rings is 1. The molecule has 39 heavy (non-hydrogen) atoms. The Balaban J connectivity index is 0.000000137. The van der Waals surface area contributed by atoms with Gasteiger partial charge in [-0.25, -0.2) is 0 Å². The molecule has 0 bridgehead atoms. The fraction of sp³-hybridized carbons (Fsp3) is 0.629. The highest BCUT2D eigenvalue weighted by molar-refractivity contribution is 5.94. The van der Waals surface area contributed by atoms with E-state index in [4.69, 9.17) is 9.47 Å². The number of rotatable bonds is 2. The normalized spacial score (nSPS) is 25.3. The van der Waals surface area contributed by atoms with Crippen LogP contribution in [0.2, 0.25) is 0 Å². The molecule has 4 heteroatoms. The van der Waals surface area contributed by atoms with Crippen molar-refractivity contribution in [2.45, 2.75) is 96.7 Å². The summed E-state index contributed by atoms with van der Waals surface area (Å²) < 4.78 is 11.2. The second-order valence-corrected chi connectivity index (χ2v) is 12.5. The fourth-order valence-electron chi connectivity index (χ4n) is 6.28. The van der Waals surface area contributed by atoms with Crippen LogP contribution < -0.4 is 0 Å². The van der Waals surface area contributed by atoms with Crippen LogP contribution in [-0.4, -0.2) is 42.9 Å². The van der Waals surface area contributed by atoms with E-state index in [9.17, 15) is 4.79 Å². The molecule has 1 spiro atoms. The molecular formula is C35H51NO3. The number of ether oxygens (including phenoxy) is 2. The number of hydrogen-bond donors (Lipinski definition) is 0. The van der Waals surface area contributed by atoms with Gasteiger partial charge in [-0.2, -0.15) is 0 Å². The van der Waals surface area contributed by atoms with Gasteiger partial charge < -0.3 is 14.4 Å². The van der Waals surface area contributed by atoms with Gasteiger partial charge in [-0.05, 0) is 79.9 Å². The Labute approximate surface area is 237 Å². The van der Waals surface area contributed by atoms with E-state index in [1.54, 1.807) is 5.56 Å². The molecule has 214 valence electrons. The van der Waals surface area contributed by atoms with E-state index in [-0.39, 0.29) is 11.7 Å². The molecule has 0 radical (unpaired) electrons. The minimum atomic E-state index is -0.146. The standard InChI is InChI=1S/C13H17NO.C13H18.C9H16O2/c1-11-7-9-14(10-8-11)13(15)12-5-3-2-4-6-12;1-11-7-9-13(10-8-11)12-5-3-2-4-6-12;1-8-2-4-9(5-3-8)10-6-7-11-9/h2-6,11H,7-10H2,1H3;2-6,11,13H,7-10H2,1H3;8H,2-7H2,1H3. The maximum atomic E-state index is 12.0. The van der Waals surface area contributed by atoms with Gasteiger partial charge in [-0.1, -0.05) is 82.1 Å². The van der Waals surface area contributed by atoms with Gasteiger partial charge in [0.05, 0.1) is 13.2 Å². The first kappa shape index (κ1) is 29.8. The predicted octanol–water partition coefficient (Wildman–Crippen LogP) is 8.48. The molecule has 4 nitrogen and oxygen atoms in total. The highest BCUT2D eigenvalue weighted by Gasteiger charge is 2.39. The molecule has 2 saturated heterocycles. The maximum Gasteiger partial charge on any atom is 0.253 e. The van der Waals surface area contributed by atoms with Crippen molar-refractivity contribution in [1.82, 2.24) is 4.90 Å². The molecule has 2 heterocycles. The maximum absolute atomic E-state index is 12.0. The molecule has 0 N–H and O–H groups in total. The Kier molecular flexibility index (Phi) is 11.5. The Morgan fingerprint density at radius 1 is 0.667 bits per heavy atom. The summed E-state index contributed by atoms with van der Waals surface area (Å²) in [5, 5.41) is 0. The number of carbonyl (C=O) groups is 1. The van der Waals surface area contributed by atoms with Gasteiger partial charge in [0.25, 0.3) is 5.91 Å². The van der Waals surface area contributed by atoms with Gasteiger partial charge in [0.1, 0.15) is 0 Å². The van der Waals surface area contributed by atoms with Crippen molar-refractivity contribution in [1.29, 1.82) is 0 Å². The first-order valence-electron chi connectivity index (χ1n) is 15.6. The van der Waals surface area contributed by atoms with Crippen LogP contribution in [-0.2, 0) is 9.47 Å². The van der Waals surface area contributed by atoms with Crippen LogP contribution in [0.1, 0.15) is 107 Å². The average Bonchev–Trinajstić information content (AvgIpc) is 3.45. The predicted molar refractivity (Wildman–Crippen MR) is 160 cm³/mol. The minimum Gasteiger partial charge on any atom is -0.348 e. The van der Waals surface area contributed by atoms with Crippen molar-refractivity contribution in [2.75, 3.05) is 26.3 Å². The molecule has 1 amide bonds. The monoisotopic (exact) mass is 533 g/mol. The molecule has 2 aromatic rings. The van der Waals surface area contributed by atoms with Gasteiger partial charge in [0, 0.05) is 31.5 Å². The van der Waals surface area contributed by atoms with Crippen LogP contribution in [0.4, 0.5) is 0 Å². The lowest BCUT2D eigenvalue weighted by atomic mass is 9.79. The fourth-order valence-corrected chi connectivity index (χ4v) is 6.28. The average molecular weight is 534 g/mol. The van der Waals surface area contributed by atoms with Crippen LogP contribution in [0.5, 0.6) is 0 Å². The number of benzene rings is 2. The summed E-state index contributed by atoms with van der Waals surface area (Å²) in [6.07, 6.45) is 12.6. The van der Waals surface area contributed by atoms with Crippen molar-refractivity contribution >= 4 is 5.91 Å². The van der Waals surface area contributed by atoms with E-state index < -0.39 is 0 Å². The highest BCUT2D eigenvalue weighted by atomic mass is 16.7. The smallest absolute Gasteiger partial charge is 0.253 e. The van der Waals surface area contributed by atoms with Gasteiger partial charge in [-0.3, -0.25) is 4.79 Å². The van der Waals surface area contributed by atoms with E-state index in [1.807, 2.05) is 35.2 Å². The number of hydrogen-bond acceptors (Lipinski definition) is 3. The SMILES string of the molecule is CC1CCC(c2ccccc2)CC1.CC1CCC2(CC1)OCCO2.CC1CCN(C(=O)c2ccccc2)CC1. The van der Waals surface area contributed by atoms with Crippen molar-refractivity contribution in [3.05, 3.63) is 71.8 Å². The number of carbonyl (C=O) groups excluding carboxylic acids is 1. The molecule has 2 aliphatic carbocycles. The van der Waals surface area contributed by atoms with Gasteiger partial charge in [0.2, 0.25) is 0 Å². The second kappa shape index (κ2) is 15.0. The quantitative estimate of drug-likeness (QED) is 0.388. The Bertz CT molecular complexity index is 946. The molecule has 4 fully saturated rings. The first-order valence-corrected chi connectivity index (χ1v) is 15.6. The lowest BCUT2D eigenvalue weighted by molar-refractivity contribution is -0.181. The topological polar surface area (TPSA) is 38.8 Å². The van der Waals surface area contributed by atoms with Crippen molar-refractivity contribution < 1.29 is 14.3 Å². The summed E-state index contributed by atoms with van der Waals surface area (Å²) in [5.41, 5.74) is 2.36. The highest BCUT2D eigenvalue weighted by Crippen LogP contribution is 2.38. The lowest BCUT2D eigenvalue weighted by Crippen LogP contribution is -2.37. The van der Waals surface area contributed by atoms with E-state index in [1.165, 1.54) is 38.5 Å². The third-order valence-corrected chi connectivity index (χ3v) is 9.23. The Morgan fingerprint density at radius 2 is 1.15 bits per heavy atom. The molecule has 2 aromatic carbocycles. The van der Waals surface area contributed by atoms with E-state index in [0.29, 0.717) is 0 Å². The van der Waals surface area contributed by atoms with Crippen LogP contribution in [0.15, 0.2) is 60.7 Å². The van der Waals surface area contributed by atoms with E-state index in [2.05, 4.69) is 51.1 Å². The van der Waals surface area contributed by atoms with Gasteiger partial charge >= 0.3 is 0 Å². The second-order valence-electron chi connectivity index (χ2n) is 12.5. The van der Waals surface area contributed by atoms with E-state index in [0.717, 1.165) is 81.2 Å². The molecule has 2 saturated carbocycles. The first-order chi connectivity index (χ1) is 18.9. The molecule has 6 rings (SSSR count). The third-order valence-electron chi connectivity index (χ3n) is 9.23. The largest absolute Gasteiger partial charge is 0.348 e. The zero-order valence-electron chi connectivity index (χ0n) is 24.7.